The highest BCUT2D eigenvalue weighted by Crippen LogP contribution is 2.29. The van der Waals surface area contributed by atoms with Gasteiger partial charge in [-0.1, -0.05) is 0 Å². The van der Waals surface area contributed by atoms with Crippen molar-refractivity contribution in [1.29, 1.82) is 0 Å². The van der Waals surface area contributed by atoms with Gasteiger partial charge in [-0.25, -0.2) is 0 Å². The maximum atomic E-state index is 5.59. The Morgan fingerprint density at radius 2 is 1.95 bits per heavy atom. The number of methoxy groups -OCH3 is 1. The minimum absolute atomic E-state index is 0.556. The van der Waals surface area contributed by atoms with Crippen LogP contribution in [0, 0.1) is 0 Å². The van der Waals surface area contributed by atoms with Gasteiger partial charge in [0.2, 0.25) is 0 Å². The molecule has 0 unspecified atom stereocenters. The van der Waals surface area contributed by atoms with Crippen molar-refractivity contribution in [3.8, 4) is 11.5 Å². The second-order valence-corrected chi connectivity index (χ2v) is 4.66. The summed E-state index contributed by atoms with van der Waals surface area (Å²) >= 11 is 5.28. The van der Waals surface area contributed by atoms with Crippen molar-refractivity contribution >= 4 is 23.0 Å². The normalized spacial score (nSPS) is 10.0. The van der Waals surface area contributed by atoms with Crippen molar-refractivity contribution in [2.24, 2.45) is 0 Å². The largest absolute Gasteiger partial charge is 0.494 e. The van der Waals surface area contributed by atoms with Crippen LogP contribution >= 0.6 is 12.2 Å². The molecule has 0 saturated heterocycles. The maximum Gasteiger partial charge on any atom is 0.170 e. The molecule has 0 aliphatic rings. The van der Waals surface area contributed by atoms with Gasteiger partial charge in [-0.3, -0.25) is 0 Å². The van der Waals surface area contributed by atoms with E-state index in [0.717, 1.165) is 30.2 Å². The Labute approximate surface area is 132 Å². The molecule has 0 heterocycles. The fourth-order valence-corrected chi connectivity index (χ4v) is 1.94. The molecule has 118 valence electrons. The number of ether oxygens (including phenoxy) is 3. The molecule has 0 atom stereocenters. The van der Waals surface area contributed by atoms with Crippen LogP contribution in [0.25, 0.3) is 0 Å². The third-order valence-electron chi connectivity index (χ3n) is 2.62. The van der Waals surface area contributed by atoms with Crippen molar-refractivity contribution in [3.05, 3.63) is 18.2 Å². The number of nitrogens with one attached hydrogen (secondary N) is 2. The fraction of sp³-hybridized carbons (Fsp3) is 0.533. The van der Waals surface area contributed by atoms with Crippen LogP contribution in [-0.2, 0) is 4.74 Å². The van der Waals surface area contributed by atoms with Crippen molar-refractivity contribution in [2.75, 3.05) is 38.8 Å². The second kappa shape index (κ2) is 10.2. The van der Waals surface area contributed by atoms with Gasteiger partial charge in [-0.2, -0.15) is 0 Å². The Hall–Kier alpha value is -1.53. The molecule has 1 aromatic rings. The Morgan fingerprint density at radius 1 is 1.19 bits per heavy atom. The molecule has 2 N–H and O–H groups in total. The second-order valence-electron chi connectivity index (χ2n) is 4.25. The minimum Gasteiger partial charge on any atom is -0.494 e. The van der Waals surface area contributed by atoms with Crippen LogP contribution in [0.3, 0.4) is 0 Å². The summed E-state index contributed by atoms with van der Waals surface area (Å²) in [7, 11) is 1.68. The Balaban J connectivity index is 2.64. The zero-order valence-corrected chi connectivity index (χ0v) is 13.7. The molecule has 1 rings (SSSR count). The monoisotopic (exact) mass is 312 g/mol. The summed E-state index contributed by atoms with van der Waals surface area (Å²) in [4.78, 5) is 0. The number of anilines is 1. The van der Waals surface area contributed by atoms with E-state index in [4.69, 9.17) is 26.4 Å². The Kier molecular flexibility index (Phi) is 8.54. The van der Waals surface area contributed by atoms with E-state index >= 15 is 0 Å². The van der Waals surface area contributed by atoms with Crippen molar-refractivity contribution in [2.45, 2.75) is 20.3 Å². The SMILES string of the molecule is CCOc1ccc(OCC)c(NC(=S)NCCCOC)c1. The summed E-state index contributed by atoms with van der Waals surface area (Å²) in [6.07, 6.45) is 0.898. The van der Waals surface area contributed by atoms with Crippen molar-refractivity contribution in [1.82, 2.24) is 5.32 Å². The van der Waals surface area contributed by atoms with E-state index in [1.165, 1.54) is 0 Å². The van der Waals surface area contributed by atoms with E-state index < -0.39 is 0 Å². The molecule has 0 saturated carbocycles. The lowest BCUT2D eigenvalue weighted by Crippen LogP contribution is -2.30. The van der Waals surface area contributed by atoms with Crippen molar-refractivity contribution < 1.29 is 14.2 Å². The van der Waals surface area contributed by atoms with Gasteiger partial charge < -0.3 is 24.8 Å². The lowest BCUT2D eigenvalue weighted by Gasteiger charge is -2.15. The van der Waals surface area contributed by atoms with Gasteiger partial charge in [0.15, 0.2) is 5.11 Å². The van der Waals surface area contributed by atoms with E-state index in [1.807, 2.05) is 32.0 Å². The van der Waals surface area contributed by atoms with Gasteiger partial charge in [-0.05, 0) is 44.6 Å². The maximum absolute atomic E-state index is 5.59. The zero-order valence-electron chi connectivity index (χ0n) is 12.9. The lowest BCUT2D eigenvalue weighted by atomic mass is 10.2. The molecule has 0 aliphatic heterocycles. The van der Waals surface area contributed by atoms with Crippen LogP contribution in [0.2, 0.25) is 0 Å². The Bertz CT molecular complexity index is 441. The van der Waals surface area contributed by atoms with Gasteiger partial charge in [-0.15, -0.1) is 0 Å². The molecule has 5 nitrogen and oxygen atoms in total. The van der Waals surface area contributed by atoms with E-state index in [0.29, 0.717) is 24.9 Å². The summed E-state index contributed by atoms with van der Waals surface area (Å²) in [6.45, 7) is 6.57. The number of rotatable bonds is 9. The molecular formula is C15H24N2O3S. The quantitative estimate of drug-likeness (QED) is 0.540. The van der Waals surface area contributed by atoms with Crippen LogP contribution < -0.4 is 20.1 Å². The number of benzene rings is 1. The third kappa shape index (κ3) is 6.64. The molecule has 1 aromatic carbocycles. The van der Waals surface area contributed by atoms with Gasteiger partial charge in [0, 0.05) is 26.3 Å². The summed E-state index contributed by atoms with van der Waals surface area (Å²) in [5.41, 5.74) is 0.798. The van der Waals surface area contributed by atoms with E-state index in [-0.39, 0.29) is 0 Å². The molecule has 0 aromatic heterocycles. The first kappa shape index (κ1) is 17.5. The van der Waals surface area contributed by atoms with Gasteiger partial charge in [0.05, 0.1) is 18.9 Å². The van der Waals surface area contributed by atoms with E-state index in [2.05, 4.69) is 10.6 Å². The topological polar surface area (TPSA) is 51.8 Å². The smallest absolute Gasteiger partial charge is 0.170 e. The first-order chi connectivity index (χ1) is 10.2. The molecule has 0 fully saturated rings. The van der Waals surface area contributed by atoms with Crippen LogP contribution in [0.4, 0.5) is 5.69 Å². The Morgan fingerprint density at radius 3 is 2.62 bits per heavy atom. The number of hydrogen-bond acceptors (Lipinski definition) is 4. The zero-order chi connectivity index (χ0) is 15.5. The van der Waals surface area contributed by atoms with Gasteiger partial charge in [0.1, 0.15) is 11.5 Å². The first-order valence-corrected chi connectivity index (χ1v) is 7.55. The summed E-state index contributed by atoms with van der Waals surface area (Å²) < 4.78 is 16.1. The third-order valence-corrected chi connectivity index (χ3v) is 2.87. The highest BCUT2D eigenvalue weighted by molar-refractivity contribution is 7.80. The summed E-state index contributed by atoms with van der Waals surface area (Å²) in [5.74, 6) is 1.53. The molecule has 6 heteroatoms. The van der Waals surface area contributed by atoms with Crippen LogP contribution in [-0.4, -0.2) is 38.6 Å². The minimum atomic E-state index is 0.556. The highest BCUT2D eigenvalue weighted by atomic mass is 32.1. The summed E-state index contributed by atoms with van der Waals surface area (Å²) in [5, 5.41) is 6.83. The molecule has 0 bridgehead atoms. The molecule has 0 aliphatic carbocycles. The fourth-order valence-electron chi connectivity index (χ4n) is 1.73. The number of thiocarbonyl (C=S) groups is 1. The molecule has 0 amide bonds. The van der Waals surface area contributed by atoms with Crippen molar-refractivity contribution in [3.63, 3.8) is 0 Å². The van der Waals surface area contributed by atoms with Gasteiger partial charge in [0.25, 0.3) is 0 Å². The standard InChI is InChI=1S/C15H24N2O3S/c1-4-19-12-7-8-14(20-5-2)13(11-12)17-15(21)16-9-6-10-18-3/h7-8,11H,4-6,9-10H2,1-3H3,(H2,16,17,21). The predicted molar refractivity (Wildman–Crippen MR) is 89.5 cm³/mol. The highest BCUT2D eigenvalue weighted by Gasteiger charge is 2.07. The number of hydrogen-bond donors (Lipinski definition) is 2. The lowest BCUT2D eigenvalue weighted by molar-refractivity contribution is 0.196. The van der Waals surface area contributed by atoms with E-state index in [1.54, 1.807) is 7.11 Å². The molecular weight excluding hydrogens is 288 g/mol. The molecule has 21 heavy (non-hydrogen) atoms. The molecule has 0 spiro atoms. The van der Waals surface area contributed by atoms with Crippen LogP contribution in [0.1, 0.15) is 20.3 Å². The molecule has 0 radical (unpaired) electrons. The van der Waals surface area contributed by atoms with E-state index in [9.17, 15) is 0 Å². The van der Waals surface area contributed by atoms with Gasteiger partial charge >= 0.3 is 0 Å². The van der Waals surface area contributed by atoms with Crippen LogP contribution in [0.5, 0.6) is 11.5 Å². The predicted octanol–water partition coefficient (Wildman–Crippen LogP) is 2.81. The van der Waals surface area contributed by atoms with Crippen LogP contribution in [0.15, 0.2) is 18.2 Å². The first-order valence-electron chi connectivity index (χ1n) is 7.14. The summed E-state index contributed by atoms with van der Waals surface area (Å²) in [6, 6.07) is 5.65. The average Bonchev–Trinajstić information content (AvgIpc) is 2.47. The average molecular weight is 312 g/mol.